The van der Waals surface area contributed by atoms with Gasteiger partial charge in [-0.05, 0) is 12.3 Å². The highest BCUT2D eigenvalue weighted by molar-refractivity contribution is 7.89. The van der Waals surface area contributed by atoms with Crippen molar-refractivity contribution in [3.63, 3.8) is 0 Å². The second-order valence-electron chi connectivity index (χ2n) is 5.15. The van der Waals surface area contributed by atoms with Gasteiger partial charge in [0.2, 0.25) is 0 Å². The van der Waals surface area contributed by atoms with Crippen molar-refractivity contribution in [3.8, 4) is 0 Å². The zero-order chi connectivity index (χ0) is 14.8. The number of aromatic nitrogens is 2. The number of nitrogens with two attached hydrogens (primary N) is 1. The number of nitrogen functional groups attached to an aromatic ring is 1. The van der Waals surface area contributed by atoms with E-state index in [4.69, 9.17) is 5.73 Å². The smallest absolute Gasteiger partial charge is 0.260 e. The maximum Gasteiger partial charge on any atom is 0.260 e. The van der Waals surface area contributed by atoms with Crippen molar-refractivity contribution < 1.29 is 8.42 Å². The summed E-state index contributed by atoms with van der Waals surface area (Å²) in [4.78, 5) is 4.63. The lowest BCUT2D eigenvalue weighted by Gasteiger charge is -2.07. The number of anilines is 1. The van der Waals surface area contributed by atoms with Crippen molar-refractivity contribution in [3.05, 3.63) is 11.6 Å². The van der Waals surface area contributed by atoms with Crippen LogP contribution in [0.2, 0.25) is 0 Å². The van der Waals surface area contributed by atoms with Crippen LogP contribution < -0.4 is 10.5 Å². The minimum atomic E-state index is -3.61. The molecule has 0 atom stereocenters. The van der Waals surface area contributed by atoms with Crippen LogP contribution in [0.1, 0.15) is 33.1 Å². The van der Waals surface area contributed by atoms with Gasteiger partial charge < -0.3 is 5.73 Å². The second kappa shape index (κ2) is 6.11. The first-order valence-corrected chi connectivity index (χ1v) is 8.99. The highest BCUT2D eigenvalue weighted by Crippen LogP contribution is 2.23. The van der Waals surface area contributed by atoms with E-state index in [1.165, 1.54) is 15.7 Å². The molecule has 2 rings (SSSR count). The Balaban J connectivity index is 2.03. The first-order chi connectivity index (χ1) is 9.42. The van der Waals surface area contributed by atoms with Crippen LogP contribution in [-0.4, -0.2) is 24.3 Å². The predicted octanol–water partition coefficient (Wildman–Crippen LogP) is 2.08. The van der Waals surface area contributed by atoms with E-state index in [1.807, 2.05) is 0 Å². The van der Waals surface area contributed by atoms with E-state index in [2.05, 4.69) is 23.6 Å². The monoisotopic (exact) mass is 316 g/mol. The lowest BCUT2D eigenvalue weighted by atomic mass is 10.1. The maximum atomic E-state index is 12.3. The van der Waals surface area contributed by atoms with E-state index in [0.717, 1.165) is 19.3 Å². The summed E-state index contributed by atoms with van der Waals surface area (Å²) in [5, 5.41) is 1.82. The Bertz CT molecular complexity index is 673. The van der Waals surface area contributed by atoms with E-state index in [9.17, 15) is 8.42 Å². The predicted molar refractivity (Wildman–Crippen MR) is 81.4 cm³/mol. The average molecular weight is 316 g/mol. The molecule has 0 spiro atoms. The normalized spacial score (nSPS) is 12.6. The number of nitrogens with zero attached hydrogens (tertiary/aromatic N) is 2. The number of sulfonamides is 1. The van der Waals surface area contributed by atoms with Gasteiger partial charge in [-0.3, -0.25) is 4.40 Å². The Morgan fingerprint density at radius 3 is 2.90 bits per heavy atom. The van der Waals surface area contributed by atoms with Crippen molar-refractivity contribution in [1.29, 1.82) is 0 Å². The molecule has 0 aliphatic rings. The molecule has 2 heterocycles. The number of imidazole rings is 1. The molecule has 0 radical (unpaired) electrons. The molecule has 2 aromatic rings. The molecular weight excluding hydrogens is 296 g/mol. The largest absolute Gasteiger partial charge is 0.381 e. The number of unbranched alkanes of at least 4 members (excludes halogenated alkanes) is 1. The number of fused-ring (bicyclic) bond motifs is 1. The second-order valence-corrected chi connectivity index (χ2v) is 7.70. The molecule has 0 bridgehead atoms. The Labute approximate surface area is 123 Å². The molecule has 3 N–H and O–H groups in total. The van der Waals surface area contributed by atoms with Crippen LogP contribution in [0.3, 0.4) is 0 Å². The zero-order valence-corrected chi connectivity index (χ0v) is 13.3. The first kappa shape index (κ1) is 15.3. The molecule has 0 saturated carbocycles. The molecule has 8 heteroatoms. The summed E-state index contributed by atoms with van der Waals surface area (Å²) < 4.78 is 28.7. The first-order valence-electron chi connectivity index (χ1n) is 6.62. The van der Waals surface area contributed by atoms with Gasteiger partial charge in [-0.1, -0.05) is 26.7 Å². The van der Waals surface area contributed by atoms with E-state index < -0.39 is 10.0 Å². The van der Waals surface area contributed by atoms with E-state index in [0.29, 0.717) is 17.4 Å². The summed E-state index contributed by atoms with van der Waals surface area (Å²) in [6, 6.07) is 0. The fourth-order valence-electron chi connectivity index (χ4n) is 2.00. The van der Waals surface area contributed by atoms with Crippen LogP contribution in [0.4, 0.5) is 5.82 Å². The average Bonchev–Trinajstić information content (AvgIpc) is 2.86. The Kier molecular flexibility index (Phi) is 4.66. The number of thiazole rings is 1. The number of nitrogens with one attached hydrogen (secondary N) is 1. The van der Waals surface area contributed by atoms with Gasteiger partial charge in [0, 0.05) is 18.1 Å². The molecule has 0 aliphatic carbocycles. The number of rotatable bonds is 7. The highest BCUT2D eigenvalue weighted by Gasteiger charge is 2.23. The molecule has 112 valence electrons. The maximum absolute atomic E-state index is 12.3. The minimum Gasteiger partial charge on any atom is -0.381 e. The van der Waals surface area contributed by atoms with Crippen molar-refractivity contribution in [1.82, 2.24) is 14.1 Å². The van der Waals surface area contributed by atoms with E-state index in [1.54, 1.807) is 11.6 Å². The molecule has 0 fully saturated rings. The fraction of sp³-hybridized carbons (Fsp3) is 0.583. The SMILES string of the molecule is CC(C)CCCCNS(=O)(=O)c1c(N)nc2sccn12. The third-order valence-electron chi connectivity index (χ3n) is 3.00. The van der Waals surface area contributed by atoms with Gasteiger partial charge >= 0.3 is 0 Å². The third kappa shape index (κ3) is 3.31. The molecular formula is C12H20N4O2S2. The molecule has 0 aliphatic heterocycles. The Morgan fingerprint density at radius 2 is 2.20 bits per heavy atom. The summed E-state index contributed by atoms with van der Waals surface area (Å²) in [5.41, 5.74) is 5.71. The molecule has 0 saturated heterocycles. The van der Waals surface area contributed by atoms with E-state index >= 15 is 0 Å². The molecule has 20 heavy (non-hydrogen) atoms. The van der Waals surface area contributed by atoms with Crippen LogP contribution in [0.5, 0.6) is 0 Å². The summed E-state index contributed by atoms with van der Waals surface area (Å²) >= 11 is 1.35. The molecule has 6 nitrogen and oxygen atoms in total. The molecule has 0 unspecified atom stereocenters. The van der Waals surface area contributed by atoms with Gasteiger partial charge in [0.15, 0.2) is 15.8 Å². The summed E-state index contributed by atoms with van der Waals surface area (Å²) in [7, 11) is -3.61. The van der Waals surface area contributed by atoms with Gasteiger partial charge in [0.25, 0.3) is 10.0 Å². The lowest BCUT2D eigenvalue weighted by Crippen LogP contribution is -2.26. The summed E-state index contributed by atoms with van der Waals surface area (Å²) in [6.07, 6.45) is 4.60. The Morgan fingerprint density at radius 1 is 1.45 bits per heavy atom. The van der Waals surface area contributed by atoms with Gasteiger partial charge in [0.05, 0.1) is 0 Å². The molecule has 2 aromatic heterocycles. The van der Waals surface area contributed by atoms with Crippen molar-refractivity contribution in [2.45, 2.75) is 38.1 Å². The van der Waals surface area contributed by atoms with Crippen LogP contribution >= 0.6 is 11.3 Å². The van der Waals surface area contributed by atoms with Gasteiger partial charge in [-0.25, -0.2) is 18.1 Å². The summed E-state index contributed by atoms with van der Waals surface area (Å²) in [6.45, 7) is 4.74. The molecule has 0 amide bonds. The van der Waals surface area contributed by atoms with E-state index in [-0.39, 0.29) is 10.8 Å². The Hall–Kier alpha value is -1.12. The summed E-state index contributed by atoms with van der Waals surface area (Å²) in [5.74, 6) is 0.689. The fourth-order valence-corrected chi connectivity index (χ4v) is 4.06. The number of hydrogen-bond donors (Lipinski definition) is 2. The van der Waals surface area contributed by atoms with Crippen molar-refractivity contribution in [2.24, 2.45) is 5.92 Å². The lowest BCUT2D eigenvalue weighted by molar-refractivity contribution is 0.530. The molecule has 0 aromatic carbocycles. The highest BCUT2D eigenvalue weighted by atomic mass is 32.2. The number of hydrogen-bond acceptors (Lipinski definition) is 5. The van der Waals surface area contributed by atoms with Gasteiger partial charge in [0.1, 0.15) is 0 Å². The van der Waals surface area contributed by atoms with Crippen LogP contribution in [0.15, 0.2) is 16.6 Å². The van der Waals surface area contributed by atoms with Crippen molar-refractivity contribution in [2.75, 3.05) is 12.3 Å². The quantitative estimate of drug-likeness (QED) is 0.765. The standard InChI is InChI=1S/C12H20N4O2S2/c1-9(2)5-3-4-6-14-20(17,18)11-10(13)15-12-16(11)7-8-19-12/h7-9,14H,3-6,13H2,1-2H3. The van der Waals surface area contributed by atoms with Gasteiger partial charge in [-0.2, -0.15) is 0 Å². The topological polar surface area (TPSA) is 89.5 Å². The third-order valence-corrected chi connectivity index (χ3v) is 5.25. The minimum absolute atomic E-state index is 0.0395. The van der Waals surface area contributed by atoms with Crippen LogP contribution in [0.25, 0.3) is 4.96 Å². The van der Waals surface area contributed by atoms with Crippen LogP contribution in [-0.2, 0) is 10.0 Å². The van der Waals surface area contributed by atoms with Crippen molar-refractivity contribution >= 4 is 32.1 Å². The zero-order valence-electron chi connectivity index (χ0n) is 11.7. The van der Waals surface area contributed by atoms with Gasteiger partial charge in [-0.15, -0.1) is 11.3 Å². The van der Waals surface area contributed by atoms with Crippen LogP contribution in [0, 0.1) is 5.92 Å².